The third-order valence-corrected chi connectivity index (χ3v) is 13.9. The first kappa shape index (κ1) is 39.6. The Labute approximate surface area is 356 Å². The van der Waals surface area contributed by atoms with Gasteiger partial charge in [-0.25, -0.2) is 18.7 Å². The molecule has 2 aromatic heterocycles. The monoisotopic (exact) mass is 853 g/mol. The zero-order valence-electron chi connectivity index (χ0n) is 34.4. The number of piperidine rings is 1. The van der Waals surface area contributed by atoms with Crippen molar-refractivity contribution in [1.29, 1.82) is 0 Å². The number of para-hydroxylation sites is 1. The van der Waals surface area contributed by atoms with Crippen LogP contribution in [0, 0.1) is 5.92 Å². The number of rotatable bonds is 8. The molecule has 0 radical (unpaired) electrons. The molecule has 4 atom stereocenters. The summed E-state index contributed by atoms with van der Waals surface area (Å²) in [5.41, 5.74) is 5.90. The number of hydrogen-bond acceptors (Lipinski definition) is 13. The van der Waals surface area contributed by atoms with E-state index >= 15 is 0 Å². The summed E-state index contributed by atoms with van der Waals surface area (Å²) in [6.45, 7) is 6.20. The number of aromatic amines is 1. The summed E-state index contributed by atoms with van der Waals surface area (Å²) in [5, 5.41) is 12.9. The van der Waals surface area contributed by atoms with Crippen molar-refractivity contribution in [2.24, 2.45) is 5.92 Å². The van der Waals surface area contributed by atoms with Crippen LogP contribution in [0.5, 0.6) is 5.75 Å². The van der Waals surface area contributed by atoms with Crippen molar-refractivity contribution >= 4 is 40.3 Å². The topological polar surface area (TPSA) is 169 Å². The number of halogens is 2. The summed E-state index contributed by atoms with van der Waals surface area (Å²) in [6.07, 6.45) is 4.55. The maximum Gasteiger partial charge on any atom is 0.283 e. The fourth-order valence-corrected chi connectivity index (χ4v) is 10.7. The highest BCUT2D eigenvalue weighted by Gasteiger charge is 2.50. The molecule has 9 heterocycles. The van der Waals surface area contributed by atoms with Crippen LogP contribution < -0.4 is 19.9 Å². The summed E-state index contributed by atoms with van der Waals surface area (Å²) in [5.74, 6) is -3.54. The van der Waals surface area contributed by atoms with Crippen molar-refractivity contribution in [3.63, 3.8) is 0 Å². The second-order valence-electron chi connectivity index (χ2n) is 18.0. The number of carbonyl (C=O) groups is 3. The summed E-state index contributed by atoms with van der Waals surface area (Å²) in [6, 6.07) is 10.5. The second kappa shape index (κ2) is 14.9. The minimum absolute atomic E-state index is 0.136. The number of hydrogen-bond donors (Lipinski definition) is 3. The first-order valence-electron chi connectivity index (χ1n) is 21.6. The normalized spacial score (nSPS) is 26.5. The van der Waals surface area contributed by atoms with E-state index in [1.165, 1.54) is 0 Å². The van der Waals surface area contributed by atoms with Gasteiger partial charge in [-0.2, -0.15) is 0 Å². The molecule has 1 spiro atoms. The van der Waals surface area contributed by atoms with Gasteiger partial charge in [-0.1, -0.05) is 18.2 Å². The molecule has 3 N–H and O–H groups in total. The van der Waals surface area contributed by atoms with E-state index < -0.39 is 42.9 Å². The van der Waals surface area contributed by atoms with Crippen molar-refractivity contribution in [2.75, 3.05) is 82.0 Å². The molecule has 4 aromatic rings. The van der Waals surface area contributed by atoms with Crippen molar-refractivity contribution in [2.45, 2.75) is 68.6 Å². The number of nitrogens with one attached hydrogen (secondary N) is 2. The van der Waals surface area contributed by atoms with Gasteiger partial charge in [-0.3, -0.25) is 29.5 Å². The zero-order chi connectivity index (χ0) is 42.5. The highest BCUT2D eigenvalue weighted by Crippen LogP contribution is 2.45. The van der Waals surface area contributed by atoms with Crippen LogP contribution in [0.1, 0.15) is 58.5 Å². The van der Waals surface area contributed by atoms with E-state index in [4.69, 9.17) is 24.2 Å². The number of nitrogens with zero attached hydrogens (tertiary/aromatic N) is 7. The zero-order valence-corrected chi connectivity index (χ0v) is 34.4. The quantitative estimate of drug-likeness (QED) is 0.222. The molecule has 3 amide bonds. The number of aliphatic hydroxyl groups excluding tert-OH is 1. The maximum absolute atomic E-state index is 14.7. The second-order valence-corrected chi connectivity index (χ2v) is 18.0. The summed E-state index contributed by atoms with van der Waals surface area (Å²) in [7, 11) is 0. The number of ether oxygens (including phenoxy) is 3. The number of carbonyl (C=O) groups excluding carboxylic acids is 3. The van der Waals surface area contributed by atoms with Crippen LogP contribution in [0.3, 0.4) is 0 Å². The highest BCUT2D eigenvalue weighted by molar-refractivity contribution is 6.06. The maximum atomic E-state index is 14.7. The molecule has 0 bridgehead atoms. The minimum atomic E-state index is -3.27. The van der Waals surface area contributed by atoms with E-state index in [-0.39, 0.29) is 42.8 Å². The lowest BCUT2D eigenvalue weighted by Crippen LogP contribution is -2.68. The lowest BCUT2D eigenvalue weighted by atomic mass is 9.89. The fraction of sp³-hybridized carbons (Fsp3) is 0.523. The van der Waals surface area contributed by atoms with Gasteiger partial charge in [0.25, 0.3) is 11.8 Å². The number of aromatic nitrogens is 3. The van der Waals surface area contributed by atoms with Gasteiger partial charge >= 0.3 is 0 Å². The van der Waals surface area contributed by atoms with Crippen LogP contribution in [-0.2, 0) is 32.0 Å². The van der Waals surface area contributed by atoms with Crippen molar-refractivity contribution in [3.8, 4) is 5.75 Å². The van der Waals surface area contributed by atoms with E-state index in [1.54, 1.807) is 22.2 Å². The SMILES string of the molecule is C[C@@H]1Cc2c([nH]c3ccccc23)[C@@H](c2cnc(N3CC4(C3)OCC(CN3CCN5c6ccc7c(c6OC[C@H]5C3)CN([C@H]3CCC(=O)NC3=O)C7=O)CO4)nc2)N1CC(F)(F)CO. The minimum Gasteiger partial charge on any atom is -0.489 e. The molecule has 4 fully saturated rings. The molecule has 0 unspecified atom stereocenters. The smallest absolute Gasteiger partial charge is 0.283 e. The van der Waals surface area contributed by atoms with E-state index in [1.807, 2.05) is 42.2 Å². The van der Waals surface area contributed by atoms with Gasteiger partial charge in [0, 0.05) is 90.2 Å². The van der Waals surface area contributed by atoms with Crippen LogP contribution in [-0.4, -0.2) is 155 Å². The Morgan fingerprint density at radius 2 is 1.77 bits per heavy atom. The number of amides is 3. The largest absolute Gasteiger partial charge is 0.489 e. The molecule has 4 saturated heterocycles. The van der Waals surface area contributed by atoms with Gasteiger partial charge in [-0.15, -0.1) is 0 Å². The molecule has 2 aromatic carbocycles. The number of fused-ring (bicyclic) bond motifs is 8. The molecular weight excluding hydrogens is 805 g/mol. The van der Waals surface area contributed by atoms with Gasteiger partial charge in [0.1, 0.15) is 25.0 Å². The van der Waals surface area contributed by atoms with Crippen LogP contribution in [0.25, 0.3) is 10.9 Å². The predicted octanol–water partition coefficient (Wildman–Crippen LogP) is 2.45. The van der Waals surface area contributed by atoms with Crippen molar-refractivity contribution in [3.05, 3.63) is 76.7 Å². The van der Waals surface area contributed by atoms with Crippen molar-refractivity contribution < 1.29 is 42.5 Å². The number of imide groups is 1. The van der Waals surface area contributed by atoms with Crippen LogP contribution in [0.2, 0.25) is 0 Å². The molecule has 62 heavy (non-hydrogen) atoms. The predicted molar refractivity (Wildman–Crippen MR) is 220 cm³/mol. The van der Waals surface area contributed by atoms with Gasteiger partial charge in [0.05, 0.1) is 57.2 Å². The third-order valence-electron chi connectivity index (χ3n) is 13.9. The summed E-state index contributed by atoms with van der Waals surface area (Å²) >= 11 is 0. The Bertz CT molecular complexity index is 2430. The Balaban J connectivity index is 0.696. The number of benzene rings is 2. The number of aliphatic hydroxyl groups is 1. The Kier molecular flexibility index (Phi) is 9.53. The van der Waals surface area contributed by atoms with Crippen molar-refractivity contribution in [1.82, 2.24) is 35.0 Å². The molecule has 0 saturated carbocycles. The number of H-pyrrole nitrogens is 1. The van der Waals surface area contributed by atoms with Gasteiger partial charge in [0.15, 0.2) is 0 Å². The van der Waals surface area contributed by atoms with E-state index in [0.29, 0.717) is 68.6 Å². The average molecular weight is 854 g/mol. The Morgan fingerprint density at radius 1 is 0.984 bits per heavy atom. The molecule has 16 nitrogen and oxygen atoms in total. The highest BCUT2D eigenvalue weighted by atomic mass is 19.3. The third kappa shape index (κ3) is 6.69. The molecular formula is C44H49F2N9O7. The molecule has 326 valence electrons. The first-order valence-corrected chi connectivity index (χ1v) is 21.6. The fourth-order valence-electron chi connectivity index (χ4n) is 10.7. The lowest BCUT2D eigenvalue weighted by Gasteiger charge is -2.52. The van der Waals surface area contributed by atoms with Gasteiger partial charge in [0.2, 0.25) is 23.5 Å². The first-order chi connectivity index (χ1) is 30.0. The number of anilines is 2. The number of alkyl halides is 2. The molecule has 0 aliphatic carbocycles. The molecule has 7 aliphatic heterocycles. The number of piperazine rings is 1. The average Bonchev–Trinajstić information content (AvgIpc) is 3.80. The van der Waals surface area contributed by atoms with E-state index in [2.05, 4.69) is 26.2 Å². The van der Waals surface area contributed by atoms with Crippen LogP contribution in [0.15, 0.2) is 48.8 Å². The van der Waals surface area contributed by atoms with Gasteiger partial charge in [-0.05, 0) is 43.5 Å². The van der Waals surface area contributed by atoms with E-state index in [0.717, 1.165) is 59.6 Å². The summed E-state index contributed by atoms with van der Waals surface area (Å²) < 4.78 is 48.6. The standard InChI is InChI=1S/C44H49F2N9O7/c1-25-12-31-29-4-2-3-5-33(29)49-37(31)38(55(25)21-43(45,46)24-56)27-13-47-42(48-14-27)52-22-44(23-52)61-18-26(19-62-44)15-51-10-11-53-28(16-51)20-60-39-32-17-54(35-8-9-36(57)50-40(35)58)41(59)30(32)6-7-34(39)53/h2-7,13-14,25-26,28,35,38,49,56H,8-12,15-24H2,1H3,(H,50,57,58)/t25-,28-,35+,38-/m1/s1. The lowest BCUT2D eigenvalue weighted by molar-refractivity contribution is -0.293. The Hall–Kier alpha value is -5.27. The van der Waals surface area contributed by atoms with Crippen LogP contribution in [0.4, 0.5) is 20.4 Å². The molecule has 18 heteroatoms. The van der Waals surface area contributed by atoms with E-state index in [9.17, 15) is 28.3 Å². The Morgan fingerprint density at radius 3 is 2.55 bits per heavy atom. The molecule has 7 aliphatic rings. The van der Waals surface area contributed by atoms with Gasteiger partial charge < -0.3 is 39.0 Å². The summed E-state index contributed by atoms with van der Waals surface area (Å²) in [4.78, 5) is 60.7. The molecule has 11 rings (SSSR count). The van der Waals surface area contributed by atoms with Crippen LogP contribution >= 0.6 is 0 Å².